The van der Waals surface area contributed by atoms with E-state index in [9.17, 15) is 32.9 Å². The van der Waals surface area contributed by atoms with Gasteiger partial charge in [0.2, 0.25) is 5.91 Å². The number of alkyl halides is 3. The summed E-state index contributed by atoms with van der Waals surface area (Å²) in [6.07, 6.45) is -4.48. The zero-order chi connectivity index (χ0) is 18.1. The lowest BCUT2D eigenvalue weighted by molar-refractivity contribution is -0.385. The molecular formula is C14H14F3N3O4. The minimum absolute atomic E-state index is 0.126. The van der Waals surface area contributed by atoms with E-state index in [1.165, 1.54) is 0 Å². The Morgan fingerprint density at radius 1 is 1.46 bits per heavy atom. The van der Waals surface area contributed by atoms with Crippen molar-refractivity contribution < 1.29 is 27.7 Å². The third kappa shape index (κ3) is 3.31. The maximum Gasteiger partial charge on any atom is 0.416 e. The molecule has 2 rings (SSSR count). The van der Waals surface area contributed by atoms with Gasteiger partial charge in [0.05, 0.1) is 10.5 Å². The molecule has 0 aliphatic carbocycles. The van der Waals surface area contributed by atoms with Crippen LogP contribution in [-0.2, 0) is 11.0 Å². The Labute approximate surface area is 134 Å². The van der Waals surface area contributed by atoms with Gasteiger partial charge >= 0.3 is 6.18 Å². The minimum Gasteiger partial charge on any atom is -0.353 e. The molecule has 0 spiro atoms. The van der Waals surface area contributed by atoms with Crippen molar-refractivity contribution in [2.24, 2.45) is 0 Å². The van der Waals surface area contributed by atoms with E-state index >= 15 is 0 Å². The molecule has 1 aliphatic rings. The SMILES string of the molecule is CCC1C(=O)NCCN1C(=O)c1ccc(C(F)(F)F)cc1[N+](=O)[O-]. The van der Waals surface area contributed by atoms with Crippen LogP contribution in [0.5, 0.6) is 0 Å². The average Bonchev–Trinajstić information content (AvgIpc) is 2.52. The molecule has 10 heteroatoms. The quantitative estimate of drug-likeness (QED) is 0.669. The highest BCUT2D eigenvalue weighted by Gasteiger charge is 2.37. The van der Waals surface area contributed by atoms with Crippen LogP contribution in [0.1, 0.15) is 29.3 Å². The number of carbonyl (C=O) groups is 2. The summed E-state index contributed by atoms with van der Waals surface area (Å²) in [5, 5.41) is 13.7. The Balaban J connectivity index is 2.45. The lowest BCUT2D eigenvalue weighted by Gasteiger charge is -2.34. The molecule has 24 heavy (non-hydrogen) atoms. The second-order valence-corrected chi connectivity index (χ2v) is 5.20. The molecule has 7 nitrogen and oxygen atoms in total. The number of hydrogen-bond acceptors (Lipinski definition) is 4. The maximum absolute atomic E-state index is 12.7. The Kier molecular flexibility index (Phi) is 4.76. The summed E-state index contributed by atoms with van der Waals surface area (Å²) in [7, 11) is 0. The highest BCUT2D eigenvalue weighted by Crippen LogP contribution is 2.33. The highest BCUT2D eigenvalue weighted by atomic mass is 19.4. The van der Waals surface area contributed by atoms with Gasteiger partial charge in [0, 0.05) is 19.2 Å². The Bertz CT molecular complexity index is 690. The monoisotopic (exact) mass is 345 g/mol. The van der Waals surface area contributed by atoms with E-state index in [4.69, 9.17) is 0 Å². The summed E-state index contributed by atoms with van der Waals surface area (Å²) in [5.41, 5.74) is -2.62. The van der Waals surface area contributed by atoms with Gasteiger partial charge in [-0.1, -0.05) is 6.92 Å². The molecule has 0 radical (unpaired) electrons. The molecule has 0 saturated carbocycles. The van der Waals surface area contributed by atoms with Gasteiger partial charge in [0.15, 0.2) is 0 Å². The van der Waals surface area contributed by atoms with Crippen LogP contribution in [0.25, 0.3) is 0 Å². The summed E-state index contributed by atoms with van der Waals surface area (Å²) in [4.78, 5) is 35.6. The third-order valence-electron chi connectivity index (χ3n) is 3.73. The molecule has 1 aromatic carbocycles. The van der Waals surface area contributed by atoms with Crippen LogP contribution in [0.3, 0.4) is 0 Å². The molecule has 130 valence electrons. The molecule has 1 unspecified atom stereocenters. The van der Waals surface area contributed by atoms with Crippen molar-refractivity contribution in [2.45, 2.75) is 25.6 Å². The largest absolute Gasteiger partial charge is 0.416 e. The Morgan fingerprint density at radius 3 is 2.67 bits per heavy atom. The standard InChI is InChI=1S/C14H14F3N3O4/c1-2-10-12(21)18-5-6-19(10)13(22)9-4-3-8(14(15,16)17)7-11(9)20(23)24/h3-4,7,10H,2,5-6H2,1H3,(H,18,21). The van der Waals surface area contributed by atoms with Crippen molar-refractivity contribution >= 4 is 17.5 Å². The van der Waals surface area contributed by atoms with Gasteiger partial charge in [-0.2, -0.15) is 13.2 Å². The fourth-order valence-electron chi connectivity index (χ4n) is 2.56. The van der Waals surface area contributed by atoms with E-state index in [1.54, 1.807) is 6.92 Å². The van der Waals surface area contributed by atoms with Crippen LogP contribution in [-0.4, -0.2) is 40.8 Å². The van der Waals surface area contributed by atoms with Gasteiger partial charge < -0.3 is 10.2 Å². The molecule has 1 N–H and O–H groups in total. The van der Waals surface area contributed by atoms with E-state index in [0.29, 0.717) is 12.1 Å². The zero-order valence-electron chi connectivity index (χ0n) is 12.6. The van der Waals surface area contributed by atoms with E-state index in [2.05, 4.69) is 5.32 Å². The first-order valence-electron chi connectivity index (χ1n) is 7.11. The first-order chi connectivity index (χ1) is 11.2. The molecule has 1 aromatic rings. The summed E-state index contributed by atoms with van der Waals surface area (Å²) >= 11 is 0. The maximum atomic E-state index is 12.7. The predicted octanol–water partition coefficient (Wildman–Crippen LogP) is 1.96. The summed E-state index contributed by atoms with van der Waals surface area (Å²) in [5.74, 6) is -1.23. The number of rotatable bonds is 3. The fourth-order valence-corrected chi connectivity index (χ4v) is 2.56. The Morgan fingerprint density at radius 2 is 2.12 bits per heavy atom. The molecule has 1 saturated heterocycles. The van der Waals surface area contributed by atoms with Crippen molar-refractivity contribution in [3.05, 3.63) is 39.4 Å². The van der Waals surface area contributed by atoms with Gasteiger partial charge in [-0.3, -0.25) is 19.7 Å². The lowest BCUT2D eigenvalue weighted by atomic mass is 10.0. The van der Waals surface area contributed by atoms with Crippen LogP contribution < -0.4 is 5.32 Å². The number of amides is 2. The predicted molar refractivity (Wildman–Crippen MR) is 76.2 cm³/mol. The first kappa shape index (κ1) is 17.7. The summed E-state index contributed by atoms with van der Waals surface area (Å²) < 4.78 is 38.1. The Hall–Kier alpha value is -2.65. The highest BCUT2D eigenvalue weighted by molar-refractivity contribution is 6.01. The average molecular weight is 345 g/mol. The summed E-state index contributed by atoms with van der Waals surface area (Å²) in [6.45, 7) is 1.97. The van der Waals surface area contributed by atoms with Crippen molar-refractivity contribution in [1.29, 1.82) is 0 Å². The number of nitrogens with one attached hydrogen (secondary N) is 1. The van der Waals surface area contributed by atoms with Crippen LogP contribution >= 0.6 is 0 Å². The number of piperazine rings is 1. The molecule has 1 atom stereocenters. The van der Waals surface area contributed by atoms with Crippen molar-refractivity contribution in [3.63, 3.8) is 0 Å². The molecular weight excluding hydrogens is 331 g/mol. The number of hydrogen-bond donors (Lipinski definition) is 1. The number of carbonyl (C=O) groups excluding carboxylic acids is 2. The minimum atomic E-state index is -4.76. The van der Waals surface area contributed by atoms with Crippen LogP contribution in [0.2, 0.25) is 0 Å². The van der Waals surface area contributed by atoms with E-state index in [0.717, 1.165) is 11.0 Å². The molecule has 0 aromatic heterocycles. The van der Waals surface area contributed by atoms with Crippen LogP contribution in [0.4, 0.5) is 18.9 Å². The third-order valence-corrected chi connectivity index (χ3v) is 3.73. The van der Waals surface area contributed by atoms with Gasteiger partial charge in [-0.15, -0.1) is 0 Å². The first-order valence-corrected chi connectivity index (χ1v) is 7.11. The van der Waals surface area contributed by atoms with Crippen molar-refractivity contribution in [1.82, 2.24) is 10.2 Å². The number of nitrogens with zero attached hydrogens (tertiary/aromatic N) is 2. The summed E-state index contributed by atoms with van der Waals surface area (Å²) in [6, 6.07) is 0.916. The smallest absolute Gasteiger partial charge is 0.353 e. The number of nitro benzene ring substituents is 1. The molecule has 1 heterocycles. The van der Waals surface area contributed by atoms with Gasteiger partial charge in [-0.25, -0.2) is 0 Å². The van der Waals surface area contributed by atoms with E-state index in [-0.39, 0.29) is 19.5 Å². The van der Waals surface area contributed by atoms with Crippen molar-refractivity contribution in [3.8, 4) is 0 Å². The van der Waals surface area contributed by atoms with Crippen LogP contribution in [0, 0.1) is 10.1 Å². The van der Waals surface area contributed by atoms with E-state index in [1.807, 2.05) is 0 Å². The van der Waals surface area contributed by atoms with Gasteiger partial charge in [0.25, 0.3) is 11.6 Å². The molecule has 1 fully saturated rings. The zero-order valence-corrected chi connectivity index (χ0v) is 12.6. The van der Waals surface area contributed by atoms with Gasteiger partial charge in [0.1, 0.15) is 11.6 Å². The second kappa shape index (κ2) is 6.46. The number of nitro groups is 1. The van der Waals surface area contributed by atoms with Crippen molar-refractivity contribution in [2.75, 3.05) is 13.1 Å². The second-order valence-electron chi connectivity index (χ2n) is 5.20. The normalized spacial score (nSPS) is 18.2. The van der Waals surface area contributed by atoms with Gasteiger partial charge in [-0.05, 0) is 18.6 Å². The molecule has 0 bridgehead atoms. The molecule has 2 amide bonds. The number of halogens is 3. The van der Waals surface area contributed by atoms with Crippen LogP contribution in [0.15, 0.2) is 18.2 Å². The molecule has 1 aliphatic heterocycles. The van der Waals surface area contributed by atoms with E-state index < -0.39 is 45.8 Å². The number of benzene rings is 1. The lowest BCUT2D eigenvalue weighted by Crippen LogP contribution is -2.56. The topological polar surface area (TPSA) is 92.6 Å². The fraction of sp³-hybridized carbons (Fsp3) is 0.429.